The zero-order chi connectivity index (χ0) is 21.3. The van der Waals surface area contributed by atoms with Gasteiger partial charge in [-0.05, 0) is 61.2 Å². The van der Waals surface area contributed by atoms with Crippen molar-refractivity contribution in [3.05, 3.63) is 59.1 Å². The van der Waals surface area contributed by atoms with Crippen LogP contribution in [0.3, 0.4) is 0 Å². The van der Waals surface area contributed by atoms with Gasteiger partial charge in [-0.25, -0.2) is 8.42 Å². The van der Waals surface area contributed by atoms with Crippen molar-refractivity contribution in [2.45, 2.75) is 25.7 Å². The van der Waals surface area contributed by atoms with Crippen LogP contribution in [0.25, 0.3) is 0 Å². The van der Waals surface area contributed by atoms with E-state index in [9.17, 15) is 13.2 Å². The number of carbonyl (C=O) groups is 1. The van der Waals surface area contributed by atoms with Gasteiger partial charge in [0.15, 0.2) is 0 Å². The molecular formula is C21H27ClN2O4S. The molecule has 1 N–H and O–H groups in total. The molecule has 0 saturated carbocycles. The standard InChI is InChI=1S/C21H27ClN2O4S/c1-28-20-8-3-6-17(16-20)7-4-14-23-21(25)9-5-15-24(29(2,26)27)19-12-10-18(22)11-13-19/h3,6,8,10-13,16H,4-5,7,9,14-15H2,1-2H3,(H,23,25). The molecule has 0 aliphatic carbocycles. The summed E-state index contributed by atoms with van der Waals surface area (Å²) < 4.78 is 30.6. The average Bonchev–Trinajstić information content (AvgIpc) is 2.69. The highest BCUT2D eigenvalue weighted by atomic mass is 35.5. The Morgan fingerprint density at radius 1 is 1.14 bits per heavy atom. The van der Waals surface area contributed by atoms with Gasteiger partial charge in [0.25, 0.3) is 0 Å². The fraction of sp³-hybridized carbons (Fsp3) is 0.381. The molecular weight excluding hydrogens is 412 g/mol. The molecule has 0 saturated heterocycles. The van der Waals surface area contributed by atoms with Crippen LogP contribution in [-0.4, -0.2) is 40.8 Å². The number of rotatable bonds is 11. The minimum atomic E-state index is -3.44. The summed E-state index contributed by atoms with van der Waals surface area (Å²) in [5.74, 6) is 0.739. The van der Waals surface area contributed by atoms with Gasteiger partial charge in [-0.15, -0.1) is 0 Å². The van der Waals surface area contributed by atoms with Crippen molar-refractivity contribution in [3.8, 4) is 5.75 Å². The Morgan fingerprint density at radius 2 is 1.86 bits per heavy atom. The maximum Gasteiger partial charge on any atom is 0.232 e. The summed E-state index contributed by atoms with van der Waals surface area (Å²) in [5.41, 5.74) is 1.70. The predicted molar refractivity (Wildman–Crippen MR) is 117 cm³/mol. The monoisotopic (exact) mass is 438 g/mol. The summed E-state index contributed by atoms with van der Waals surface area (Å²) in [7, 11) is -1.80. The number of benzene rings is 2. The zero-order valence-electron chi connectivity index (χ0n) is 16.7. The van der Waals surface area contributed by atoms with E-state index in [0.717, 1.165) is 30.4 Å². The van der Waals surface area contributed by atoms with Gasteiger partial charge in [-0.2, -0.15) is 0 Å². The number of ether oxygens (including phenoxy) is 1. The number of sulfonamides is 1. The molecule has 6 nitrogen and oxygen atoms in total. The number of hydrogen-bond acceptors (Lipinski definition) is 4. The normalized spacial score (nSPS) is 11.1. The van der Waals surface area contributed by atoms with Crippen LogP contribution in [0.1, 0.15) is 24.8 Å². The fourth-order valence-corrected chi connectivity index (χ4v) is 4.01. The second-order valence-corrected chi connectivity index (χ2v) is 9.06. The number of methoxy groups -OCH3 is 1. The van der Waals surface area contributed by atoms with Crippen molar-refractivity contribution in [3.63, 3.8) is 0 Å². The Bertz CT molecular complexity index is 901. The number of hydrogen-bond donors (Lipinski definition) is 1. The van der Waals surface area contributed by atoms with Crippen LogP contribution in [0, 0.1) is 0 Å². The molecule has 158 valence electrons. The molecule has 1 amide bonds. The van der Waals surface area contributed by atoms with E-state index in [-0.39, 0.29) is 18.9 Å². The second kappa shape index (κ2) is 11.1. The largest absolute Gasteiger partial charge is 0.497 e. The second-order valence-electron chi connectivity index (χ2n) is 6.72. The van der Waals surface area contributed by atoms with E-state index in [0.29, 0.717) is 23.7 Å². The van der Waals surface area contributed by atoms with E-state index in [2.05, 4.69) is 5.32 Å². The third kappa shape index (κ3) is 7.95. The Morgan fingerprint density at radius 3 is 2.52 bits per heavy atom. The van der Waals surface area contributed by atoms with E-state index in [1.807, 2.05) is 24.3 Å². The third-order valence-electron chi connectivity index (χ3n) is 4.38. The topological polar surface area (TPSA) is 75.7 Å². The first-order chi connectivity index (χ1) is 13.8. The predicted octanol–water partition coefficient (Wildman–Crippen LogP) is 3.64. The number of carbonyl (C=O) groups excluding carboxylic acids is 1. The van der Waals surface area contributed by atoms with E-state index in [4.69, 9.17) is 16.3 Å². The summed E-state index contributed by atoms with van der Waals surface area (Å²) in [6.07, 6.45) is 3.51. The fourth-order valence-electron chi connectivity index (χ4n) is 2.91. The molecule has 0 heterocycles. The van der Waals surface area contributed by atoms with Gasteiger partial charge in [0, 0.05) is 24.5 Å². The first-order valence-corrected chi connectivity index (χ1v) is 11.6. The van der Waals surface area contributed by atoms with Crippen LogP contribution in [0.15, 0.2) is 48.5 Å². The number of nitrogens with one attached hydrogen (secondary N) is 1. The van der Waals surface area contributed by atoms with Crippen molar-refractivity contribution in [2.75, 3.05) is 30.8 Å². The molecule has 2 aromatic carbocycles. The minimum Gasteiger partial charge on any atom is -0.497 e. The van der Waals surface area contributed by atoms with Crippen LogP contribution in [0.4, 0.5) is 5.69 Å². The molecule has 0 unspecified atom stereocenters. The van der Waals surface area contributed by atoms with Crippen molar-refractivity contribution >= 4 is 33.2 Å². The van der Waals surface area contributed by atoms with Gasteiger partial charge in [0.1, 0.15) is 5.75 Å². The number of nitrogens with zero attached hydrogens (tertiary/aromatic N) is 1. The zero-order valence-corrected chi connectivity index (χ0v) is 18.3. The van der Waals surface area contributed by atoms with Crippen LogP contribution >= 0.6 is 11.6 Å². The number of aryl methyl sites for hydroxylation is 1. The van der Waals surface area contributed by atoms with Crippen LogP contribution < -0.4 is 14.4 Å². The van der Waals surface area contributed by atoms with Crippen LogP contribution in [0.5, 0.6) is 5.75 Å². The Balaban J connectivity index is 1.74. The number of halogens is 1. The summed E-state index contributed by atoms with van der Waals surface area (Å²) in [5, 5.41) is 3.42. The van der Waals surface area contributed by atoms with Crippen molar-refractivity contribution < 1.29 is 17.9 Å². The molecule has 0 spiro atoms. The van der Waals surface area contributed by atoms with Gasteiger partial charge in [0.2, 0.25) is 15.9 Å². The molecule has 8 heteroatoms. The molecule has 0 radical (unpaired) electrons. The summed E-state index contributed by atoms with van der Waals surface area (Å²) in [6.45, 7) is 0.806. The quantitative estimate of drug-likeness (QED) is 0.543. The minimum absolute atomic E-state index is 0.0831. The van der Waals surface area contributed by atoms with Crippen LogP contribution in [0.2, 0.25) is 5.02 Å². The molecule has 2 aromatic rings. The Hall–Kier alpha value is -2.25. The lowest BCUT2D eigenvalue weighted by Crippen LogP contribution is -2.32. The third-order valence-corrected chi connectivity index (χ3v) is 5.82. The van der Waals surface area contributed by atoms with Gasteiger partial charge >= 0.3 is 0 Å². The molecule has 0 bridgehead atoms. The number of anilines is 1. The van der Waals surface area contributed by atoms with E-state index in [1.165, 1.54) is 4.31 Å². The highest BCUT2D eigenvalue weighted by Crippen LogP contribution is 2.21. The molecule has 0 fully saturated rings. The molecule has 0 aliphatic rings. The average molecular weight is 439 g/mol. The van der Waals surface area contributed by atoms with Crippen molar-refractivity contribution in [1.82, 2.24) is 5.32 Å². The molecule has 29 heavy (non-hydrogen) atoms. The first kappa shape index (κ1) is 23.0. The van der Waals surface area contributed by atoms with E-state index in [1.54, 1.807) is 31.4 Å². The molecule has 0 aliphatic heterocycles. The smallest absolute Gasteiger partial charge is 0.232 e. The first-order valence-electron chi connectivity index (χ1n) is 9.42. The lowest BCUT2D eigenvalue weighted by molar-refractivity contribution is -0.121. The van der Waals surface area contributed by atoms with Crippen LogP contribution in [-0.2, 0) is 21.2 Å². The highest BCUT2D eigenvalue weighted by Gasteiger charge is 2.17. The summed E-state index contributed by atoms with van der Waals surface area (Å²) >= 11 is 5.86. The molecule has 0 aromatic heterocycles. The number of amides is 1. The highest BCUT2D eigenvalue weighted by molar-refractivity contribution is 7.92. The molecule has 2 rings (SSSR count). The van der Waals surface area contributed by atoms with Crippen molar-refractivity contribution in [1.29, 1.82) is 0 Å². The Kier molecular flexibility index (Phi) is 8.79. The van der Waals surface area contributed by atoms with Gasteiger partial charge < -0.3 is 10.1 Å². The lowest BCUT2D eigenvalue weighted by Gasteiger charge is -2.22. The summed E-state index contributed by atoms with van der Waals surface area (Å²) in [6, 6.07) is 14.5. The van der Waals surface area contributed by atoms with Crippen molar-refractivity contribution in [2.24, 2.45) is 0 Å². The lowest BCUT2D eigenvalue weighted by atomic mass is 10.1. The van der Waals surface area contributed by atoms with Gasteiger partial charge in [-0.3, -0.25) is 9.10 Å². The van der Waals surface area contributed by atoms with Gasteiger partial charge in [0.05, 0.1) is 19.1 Å². The summed E-state index contributed by atoms with van der Waals surface area (Å²) in [4.78, 5) is 12.1. The van der Waals surface area contributed by atoms with E-state index >= 15 is 0 Å². The molecule has 0 atom stereocenters. The van der Waals surface area contributed by atoms with Gasteiger partial charge in [-0.1, -0.05) is 23.7 Å². The van der Waals surface area contributed by atoms with E-state index < -0.39 is 10.0 Å². The maximum absolute atomic E-state index is 12.1. The Labute approximate surface area is 177 Å². The maximum atomic E-state index is 12.1. The SMILES string of the molecule is COc1cccc(CCCNC(=O)CCCN(c2ccc(Cl)cc2)S(C)(=O)=O)c1.